The fourth-order valence-electron chi connectivity index (χ4n) is 8.54. The normalized spacial score (nSPS) is 16.4. The van der Waals surface area contributed by atoms with Gasteiger partial charge in [-0.2, -0.15) is 131 Å². The average Bonchev–Trinajstić information content (AvgIpc) is 0.729. The summed E-state index contributed by atoms with van der Waals surface area (Å²) in [5, 5.41) is -12.7. The van der Waals surface area contributed by atoms with Crippen molar-refractivity contribution in [1.82, 2.24) is 38.7 Å². The molecule has 3 saturated heterocycles. The Bertz CT molecular complexity index is 3400. The molecule has 0 atom stereocenters. The van der Waals surface area contributed by atoms with Crippen LogP contribution in [0, 0.1) is 0 Å². The molecule has 3 heterocycles. The third-order valence-electron chi connectivity index (χ3n) is 14.7. The molecule has 3 fully saturated rings. The van der Waals surface area contributed by atoms with E-state index in [0.717, 1.165) is 17.7 Å². The molecule has 3 N–H and O–H groups in total. The summed E-state index contributed by atoms with van der Waals surface area (Å²) < 4.78 is 428. The molecule has 0 aliphatic carbocycles. The van der Waals surface area contributed by atoms with E-state index in [1.165, 1.54) is 13.8 Å². The summed E-state index contributed by atoms with van der Waals surface area (Å²) in [6, 6.07) is 0. The highest BCUT2D eigenvalue weighted by Crippen LogP contribution is 2.57. The highest BCUT2D eigenvalue weighted by Gasteiger charge is 2.87. The zero-order valence-corrected chi connectivity index (χ0v) is 58.9. The summed E-state index contributed by atoms with van der Waals surface area (Å²) in [5.74, 6) is -49.6. The van der Waals surface area contributed by atoms with Crippen molar-refractivity contribution in [1.29, 1.82) is 0 Å². The van der Waals surface area contributed by atoms with Crippen LogP contribution in [0.15, 0.2) is 0 Å². The minimum atomic E-state index is -7.46. The number of carbonyl (C=O) groups is 9. The number of Topliss-reactive ketones (excluding diaryl/α,β-unsaturated/α-hetero) is 3. The number of hydrogen-bond donors (Lipinski definition) is 3. The maximum absolute atomic E-state index is 14.1. The molecule has 25 nitrogen and oxygen atoms in total. The molecule has 0 radical (unpaired) electrons. The highest BCUT2D eigenvalue weighted by atomic mass is 32.2. The smallest absolute Gasteiger partial charge is 0.460 e. The third kappa shape index (κ3) is 25.9. The fourth-order valence-corrected chi connectivity index (χ4v) is 12.9. The second kappa shape index (κ2) is 39.7. The number of hydrogen-bond acceptors (Lipinski definition) is 18. The SMILES string of the molecule is CC(=O)C(=O)NCCCCCCCC(=O)C(=O)OCC(F)(F)F.CC(F)(F)C(F)(F)C(F)(F)S(=O)(=O)N1CCN(C(=O)C(=O)CCCCCCCNC(=O)C(=O)N2CCN(S(=O)(=O)C(F)(F)C(F)(F)C(F)(F)C(F)(F)F)CC2)CC1.CCOC(C)=O.O=S(=O)(N1CCNCC1)C(F)(F)C(F)(F)C(F)(F)C(F)(F)F. The molecule has 3 aliphatic heterocycles. The first-order chi connectivity index (χ1) is 48.6. The van der Waals surface area contributed by atoms with Gasteiger partial charge in [-0.25, -0.2) is 30.0 Å². The van der Waals surface area contributed by atoms with Gasteiger partial charge in [-0.15, -0.1) is 0 Å². The van der Waals surface area contributed by atoms with E-state index in [1.54, 1.807) is 6.92 Å². The Balaban J connectivity index is 0.00000182. The molecule has 3 rings (SSSR count). The van der Waals surface area contributed by atoms with E-state index in [1.807, 2.05) is 0 Å². The van der Waals surface area contributed by atoms with E-state index in [2.05, 4.69) is 25.4 Å². The zero-order valence-electron chi connectivity index (χ0n) is 56.4. The van der Waals surface area contributed by atoms with E-state index in [0.29, 0.717) is 56.6 Å². The van der Waals surface area contributed by atoms with Crippen molar-refractivity contribution >= 4 is 83.0 Å². The number of esters is 2. The van der Waals surface area contributed by atoms with Crippen molar-refractivity contribution in [3.05, 3.63) is 0 Å². The number of amides is 4. The number of unbranched alkanes of at least 4 members (excludes halogenated alkanes) is 8. The van der Waals surface area contributed by atoms with Gasteiger partial charge < -0.3 is 35.2 Å². The number of ether oxygens (including phenoxy) is 2. The molecule has 0 bridgehead atoms. The van der Waals surface area contributed by atoms with Crippen molar-refractivity contribution in [3.63, 3.8) is 0 Å². The maximum atomic E-state index is 14.1. The first-order valence-electron chi connectivity index (χ1n) is 30.9. The van der Waals surface area contributed by atoms with Crippen LogP contribution in [0.2, 0.25) is 0 Å². The summed E-state index contributed by atoms with van der Waals surface area (Å²) in [5.41, 5.74) is 0. The Morgan fingerprint density at radius 2 is 0.704 bits per heavy atom. The number of nitrogens with zero attached hydrogens (tertiary/aromatic N) is 5. The standard InChI is InChI=1S/C27H34F15N5O8S2.C14H20F3NO5.C8H9F9N2O2S.C4H8O2/c1-21(28,29)22(30,31)26(39,40)56(52,53)46-13-9-44(10-14-46)19(50)17(48)7-5-3-2-4-6-8-43-18(49)20(51)45-11-15-47(16-12-45)57(54,55)27(41,42)24(34,35)23(32,33)25(36,37)38;1-10(19)12(21)18-8-6-4-2-3-5-7-11(20)13(22)23-9-14(15,16)17;9-5(10,7(13,14)15)6(11,12)8(16,17)22(20,21)19-3-1-18-2-4-19;1-3-6-4(2)5/h2-16H2,1H3,(H,43,49);2-9H2,1H3,(H,18,21);18H,1-4H2;3H2,1-2H3. The first-order valence-corrected chi connectivity index (χ1v) is 35.2. The summed E-state index contributed by atoms with van der Waals surface area (Å²) >= 11 is 0. The Morgan fingerprint density at radius 3 is 1.02 bits per heavy atom. The average molecular weight is 1700 g/mol. The number of sulfonamides is 3. The second-order valence-corrected chi connectivity index (χ2v) is 28.9. The Labute approximate surface area is 596 Å². The summed E-state index contributed by atoms with van der Waals surface area (Å²) in [7, 11) is -19.6. The molecule has 0 aromatic rings. The summed E-state index contributed by atoms with van der Waals surface area (Å²) in [6.45, 7) is -7.16. The van der Waals surface area contributed by atoms with Crippen LogP contribution in [0.25, 0.3) is 0 Å². The van der Waals surface area contributed by atoms with Crippen molar-refractivity contribution < 1.29 is 196 Å². The second-order valence-electron chi connectivity index (χ2n) is 22.9. The number of piperazine rings is 3. The van der Waals surface area contributed by atoms with E-state index in [4.69, 9.17) is 0 Å². The van der Waals surface area contributed by atoms with Crippen LogP contribution in [0.4, 0.5) is 119 Å². The van der Waals surface area contributed by atoms with Gasteiger partial charge in [0.15, 0.2) is 6.61 Å². The molecular formula is C53H71F27N8O17S3. The monoisotopic (exact) mass is 1700 g/mol. The van der Waals surface area contributed by atoms with Gasteiger partial charge in [-0.05, 0) is 32.6 Å². The summed E-state index contributed by atoms with van der Waals surface area (Å²) in [6.07, 6.45) is -14.9. The molecule has 4 amide bonds. The van der Waals surface area contributed by atoms with E-state index in [-0.39, 0.29) is 59.9 Å². The van der Waals surface area contributed by atoms with Crippen LogP contribution in [0.5, 0.6) is 0 Å². The molecule has 0 aromatic heterocycles. The molecule has 0 saturated carbocycles. The van der Waals surface area contributed by atoms with Gasteiger partial charge in [-0.1, -0.05) is 38.5 Å². The van der Waals surface area contributed by atoms with Gasteiger partial charge >= 0.3 is 93.6 Å². The minimum Gasteiger partial charge on any atom is -0.466 e. The molecule has 632 valence electrons. The van der Waals surface area contributed by atoms with Crippen molar-refractivity contribution in [2.75, 3.05) is 105 Å². The Hall–Kier alpha value is -6.37. The molecule has 3 aliphatic rings. The topological polar surface area (TPSA) is 327 Å². The lowest BCUT2D eigenvalue weighted by atomic mass is 10.1. The van der Waals surface area contributed by atoms with Crippen LogP contribution in [0.3, 0.4) is 0 Å². The lowest BCUT2D eigenvalue weighted by molar-refractivity contribution is -0.382. The van der Waals surface area contributed by atoms with Gasteiger partial charge in [0.1, 0.15) is 0 Å². The lowest BCUT2D eigenvalue weighted by Crippen LogP contribution is -2.66. The van der Waals surface area contributed by atoms with Gasteiger partial charge in [0.25, 0.3) is 41.9 Å². The van der Waals surface area contributed by atoms with Crippen molar-refractivity contribution in [2.45, 2.75) is 175 Å². The Kier molecular flexibility index (Phi) is 37.4. The first kappa shape index (κ1) is 102. The maximum Gasteiger partial charge on any atom is 0.460 e. The van der Waals surface area contributed by atoms with E-state index in [9.17, 15) is 187 Å². The molecule has 0 unspecified atom stereocenters. The molecule has 55 heteroatoms. The van der Waals surface area contributed by atoms with Crippen molar-refractivity contribution in [2.24, 2.45) is 0 Å². The van der Waals surface area contributed by atoms with Crippen LogP contribution < -0.4 is 16.0 Å². The third-order valence-corrected chi connectivity index (χ3v) is 20.5. The Morgan fingerprint density at radius 1 is 0.389 bits per heavy atom. The number of nitrogens with one attached hydrogen (secondary N) is 3. The van der Waals surface area contributed by atoms with Crippen LogP contribution in [-0.2, 0) is 82.7 Å². The van der Waals surface area contributed by atoms with Crippen molar-refractivity contribution in [3.8, 4) is 0 Å². The molecule has 0 aromatic carbocycles. The highest BCUT2D eigenvalue weighted by molar-refractivity contribution is 7.90. The minimum absolute atomic E-state index is 0.117. The number of halogens is 27. The molecule has 108 heavy (non-hydrogen) atoms. The number of carbonyl (C=O) groups excluding carboxylic acids is 9. The predicted octanol–water partition coefficient (Wildman–Crippen LogP) is 7.19. The van der Waals surface area contributed by atoms with Gasteiger partial charge in [-0.3, -0.25) is 38.4 Å². The fraction of sp³-hybridized carbons (Fsp3) is 0.830. The quantitative estimate of drug-likeness (QED) is 0.0253. The zero-order chi connectivity index (χ0) is 84.9. The van der Waals surface area contributed by atoms with Gasteiger partial charge in [0.05, 0.1) is 6.61 Å². The lowest BCUT2D eigenvalue weighted by Gasteiger charge is -2.38. The van der Waals surface area contributed by atoms with Crippen LogP contribution >= 0.6 is 0 Å². The molecular weight excluding hydrogens is 1630 g/mol. The number of ketones is 3. The molecule has 0 spiro atoms. The largest absolute Gasteiger partial charge is 0.466 e. The van der Waals surface area contributed by atoms with Crippen LogP contribution in [-0.4, -0.2) is 276 Å². The van der Waals surface area contributed by atoms with Crippen LogP contribution in [0.1, 0.15) is 105 Å². The number of alkyl halides is 27. The van der Waals surface area contributed by atoms with Gasteiger partial charge in [0.2, 0.25) is 17.3 Å². The van der Waals surface area contributed by atoms with E-state index < -0.39 is 230 Å². The van der Waals surface area contributed by atoms with E-state index >= 15 is 0 Å². The predicted molar refractivity (Wildman–Crippen MR) is 311 cm³/mol. The number of rotatable bonds is 33. The van der Waals surface area contributed by atoms with Gasteiger partial charge in [0, 0.05) is 125 Å². The summed E-state index contributed by atoms with van der Waals surface area (Å²) in [4.78, 5) is 104.